The van der Waals surface area contributed by atoms with Crippen molar-refractivity contribution in [3.05, 3.63) is 64.5 Å². The fourth-order valence-electron chi connectivity index (χ4n) is 2.67. The molecule has 2 heterocycles. The van der Waals surface area contributed by atoms with E-state index in [-0.39, 0.29) is 24.0 Å². The average molecular weight is 487 g/mol. The molecule has 0 spiro atoms. The van der Waals surface area contributed by atoms with E-state index in [1.807, 2.05) is 47.8 Å². The van der Waals surface area contributed by atoms with Crippen LogP contribution in [0, 0.1) is 0 Å². The molecular weight excluding hydrogens is 472 g/mol. The van der Waals surface area contributed by atoms with Crippen LogP contribution >= 0.6 is 39.0 Å². The molecule has 2 amide bonds. The minimum Gasteiger partial charge on any atom is -0.312 e. The van der Waals surface area contributed by atoms with Gasteiger partial charge in [-0.3, -0.25) is 9.59 Å². The van der Waals surface area contributed by atoms with Crippen LogP contribution in [0.15, 0.2) is 73.9 Å². The Kier molecular flexibility index (Phi) is 6.08. The summed E-state index contributed by atoms with van der Waals surface area (Å²) in [6.07, 6.45) is 0.0796. The third-order valence-electron chi connectivity index (χ3n) is 4.01. The number of hydrogen-bond donors (Lipinski definition) is 1. The fourth-order valence-corrected chi connectivity index (χ4v) is 4.57. The molecule has 2 aromatic carbocycles. The molecule has 0 saturated heterocycles. The summed E-state index contributed by atoms with van der Waals surface area (Å²) in [4.78, 5) is 29.0. The number of hydrazone groups is 1. The number of halogens is 1. The highest BCUT2D eigenvalue weighted by molar-refractivity contribution is 9.10. The van der Waals surface area contributed by atoms with Gasteiger partial charge in [0.2, 0.25) is 5.91 Å². The molecule has 9 heteroatoms. The fraction of sp³-hybridized carbons (Fsp3) is 0.100. The summed E-state index contributed by atoms with van der Waals surface area (Å²) in [5.74, 6) is 0.181. The molecule has 0 fully saturated rings. The number of amidine groups is 1. The lowest BCUT2D eigenvalue weighted by molar-refractivity contribution is -0.117. The molecule has 3 aromatic rings. The van der Waals surface area contributed by atoms with Gasteiger partial charge in [0.05, 0.1) is 23.6 Å². The monoisotopic (exact) mass is 486 g/mol. The van der Waals surface area contributed by atoms with Gasteiger partial charge >= 0.3 is 0 Å². The molecule has 29 heavy (non-hydrogen) atoms. The van der Waals surface area contributed by atoms with Gasteiger partial charge in [-0.1, -0.05) is 58.0 Å². The zero-order valence-corrected chi connectivity index (χ0v) is 18.3. The number of nitrogens with one attached hydrogen (secondary N) is 1. The van der Waals surface area contributed by atoms with Crippen LogP contribution < -0.4 is 10.3 Å². The van der Waals surface area contributed by atoms with Crippen molar-refractivity contribution < 1.29 is 9.59 Å². The van der Waals surface area contributed by atoms with Gasteiger partial charge < -0.3 is 5.32 Å². The number of thioether (sulfide) groups is 1. The van der Waals surface area contributed by atoms with E-state index >= 15 is 0 Å². The molecule has 1 aliphatic heterocycles. The zero-order chi connectivity index (χ0) is 20.2. The Morgan fingerprint density at radius 2 is 1.93 bits per heavy atom. The second-order valence-electron chi connectivity index (χ2n) is 6.11. The molecule has 0 unspecified atom stereocenters. The molecule has 146 valence electrons. The summed E-state index contributed by atoms with van der Waals surface area (Å²) in [6, 6.07) is 17.1. The molecule has 1 aliphatic rings. The van der Waals surface area contributed by atoms with Crippen molar-refractivity contribution in [1.82, 2.24) is 10.3 Å². The van der Waals surface area contributed by atoms with Gasteiger partial charge in [0.15, 0.2) is 4.34 Å². The Hall–Kier alpha value is -2.49. The number of anilines is 1. The second kappa shape index (κ2) is 8.89. The third-order valence-corrected chi connectivity index (χ3v) is 6.56. The predicted molar refractivity (Wildman–Crippen MR) is 120 cm³/mol. The van der Waals surface area contributed by atoms with E-state index in [0.717, 1.165) is 20.1 Å². The number of carbonyl (C=O) groups is 2. The van der Waals surface area contributed by atoms with Crippen LogP contribution in [0.25, 0.3) is 11.3 Å². The van der Waals surface area contributed by atoms with E-state index in [9.17, 15) is 9.59 Å². The van der Waals surface area contributed by atoms with E-state index in [1.165, 1.54) is 28.1 Å². The number of aromatic nitrogens is 1. The van der Waals surface area contributed by atoms with Crippen molar-refractivity contribution in [2.45, 2.75) is 10.8 Å². The van der Waals surface area contributed by atoms with Gasteiger partial charge in [-0.15, -0.1) is 11.3 Å². The summed E-state index contributed by atoms with van der Waals surface area (Å²) < 4.78 is 1.83. The van der Waals surface area contributed by atoms with Gasteiger partial charge in [-0.05, 0) is 24.3 Å². The minimum atomic E-state index is -0.211. The molecule has 0 saturated carbocycles. The Labute approximate surface area is 184 Å². The van der Waals surface area contributed by atoms with Crippen LogP contribution in [-0.4, -0.2) is 28.4 Å². The number of nitrogens with zero attached hydrogens (tertiary/aromatic N) is 3. The second-order valence-corrected chi connectivity index (χ2v) is 9.10. The summed E-state index contributed by atoms with van der Waals surface area (Å²) in [6.45, 7) is 0. The van der Waals surface area contributed by atoms with Gasteiger partial charge in [-0.25, -0.2) is 4.98 Å². The van der Waals surface area contributed by atoms with Gasteiger partial charge in [-0.2, -0.15) is 10.1 Å². The van der Waals surface area contributed by atoms with Crippen LogP contribution in [-0.2, 0) is 9.59 Å². The maximum absolute atomic E-state index is 12.3. The molecular formula is C20H15BrN4O2S2. The maximum Gasteiger partial charge on any atom is 0.255 e. The zero-order valence-electron chi connectivity index (χ0n) is 15.0. The number of carbonyl (C=O) groups excluding carboxylic acids is 2. The topological polar surface area (TPSA) is 74.7 Å². The standard InChI is InChI=1S/C20H15BrN4O2S2/c21-14-8-6-13(7-9-14)16-11-28-20(22-16)29-12-18(26)23-17-10-19(27)25(24-17)15-4-2-1-3-5-15/h1-9,11H,10,12H2,(H,23,24,26). The molecule has 0 atom stereocenters. The Balaban J connectivity index is 1.33. The van der Waals surface area contributed by atoms with E-state index in [1.54, 1.807) is 12.1 Å². The molecule has 0 aliphatic carbocycles. The lowest BCUT2D eigenvalue weighted by Crippen LogP contribution is -2.31. The lowest BCUT2D eigenvalue weighted by Gasteiger charge is -2.10. The van der Waals surface area contributed by atoms with Gasteiger partial charge in [0.1, 0.15) is 5.84 Å². The summed E-state index contributed by atoms with van der Waals surface area (Å²) in [7, 11) is 0. The molecule has 4 rings (SSSR count). The first kappa shape index (κ1) is 19.8. The highest BCUT2D eigenvalue weighted by atomic mass is 79.9. The van der Waals surface area contributed by atoms with E-state index in [0.29, 0.717) is 11.5 Å². The first-order chi connectivity index (χ1) is 14.1. The smallest absolute Gasteiger partial charge is 0.255 e. The minimum absolute atomic E-state index is 0.0796. The molecule has 0 bridgehead atoms. The maximum atomic E-state index is 12.3. The highest BCUT2D eigenvalue weighted by Gasteiger charge is 2.26. The third kappa shape index (κ3) is 4.92. The quantitative estimate of drug-likeness (QED) is 0.537. The van der Waals surface area contributed by atoms with Crippen molar-refractivity contribution in [2.75, 3.05) is 10.8 Å². The van der Waals surface area contributed by atoms with E-state index < -0.39 is 0 Å². The molecule has 0 radical (unpaired) electrons. The van der Waals surface area contributed by atoms with Crippen LogP contribution in [0.4, 0.5) is 5.69 Å². The van der Waals surface area contributed by atoms with Crippen LogP contribution in [0.3, 0.4) is 0 Å². The van der Waals surface area contributed by atoms with Crippen molar-refractivity contribution >= 4 is 62.4 Å². The molecule has 6 nitrogen and oxygen atoms in total. The van der Waals surface area contributed by atoms with Gasteiger partial charge in [0, 0.05) is 15.4 Å². The number of benzene rings is 2. The number of rotatable bonds is 5. The normalized spacial score (nSPS) is 13.5. The lowest BCUT2D eigenvalue weighted by atomic mass is 10.2. The Morgan fingerprint density at radius 1 is 1.17 bits per heavy atom. The van der Waals surface area contributed by atoms with E-state index in [2.05, 4.69) is 31.3 Å². The number of thiazole rings is 1. The first-order valence-electron chi connectivity index (χ1n) is 8.68. The summed E-state index contributed by atoms with van der Waals surface area (Å²) in [5, 5.41) is 10.2. The van der Waals surface area contributed by atoms with E-state index in [4.69, 9.17) is 0 Å². The van der Waals surface area contributed by atoms with Crippen LogP contribution in [0.5, 0.6) is 0 Å². The summed E-state index contributed by atoms with van der Waals surface area (Å²) >= 11 is 6.28. The van der Waals surface area contributed by atoms with Crippen molar-refractivity contribution in [1.29, 1.82) is 0 Å². The van der Waals surface area contributed by atoms with Crippen LogP contribution in [0.1, 0.15) is 6.42 Å². The molecule has 1 aromatic heterocycles. The number of amides is 2. The Morgan fingerprint density at radius 3 is 2.69 bits per heavy atom. The highest BCUT2D eigenvalue weighted by Crippen LogP contribution is 2.29. The van der Waals surface area contributed by atoms with Crippen molar-refractivity contribution in [3.8, 4) is 11.3 Å². The molecule has 1 N–H and O–H groups in total. The SMILES string of the molecule is O=C(CSc1nc(-c2ccc(Br)cc2)cs1)NC1=NN(c2ccccc2)C(=O)C1. The van der Waals surface area contributed by atoms with Gasteiger partial charge in [0.25, 0.3) is 5.91 Å². The van der Waals surface area contributed by atoms with Crippen LogP contribution in [0.2, 0.25) is 0 Å². The van der Waals surface area contributed by atoms with Crippen molar-refractivity contribution in [2.24, 2.45) is 5.10 Å². The summed E-state index contributed by atoms with van der Waals surface area (Å²) in [5.41, 5.74) is 2.59. The Bertz CT molecular complexity index is 1070. The number of hydrogen-bond acceptors (Lipinski definition) is 6. The predicted octanol–water partition coefficient (Wildman–Crippen LogP) is 4.53. The van der Waals surface area contributed by atoms with Crippen molar-refractivity contribution in [3.63, 3.8) is 0 Å². The number of para-hydroxylation sites is 1. The first-order valence-corrected chi connectivity index (χ1v) is 11.3. The largest absolute Gasteiger partial charge is 0.312 e. The average Bonchev–Trinajstić information content (AvgIpc) is 3.34.